The van der Waals surface area contributed by atoms with Crippen molar-refractivity contribution in [2.24, 2.45) is 5.73 Å². The molecule has 0 amide bonds. The number of rotatable bonds is 1. The highest BCUT2D eigenvalue weighted by Gasteiger charge is 2.28. The predicted molar refractivity (Wildman–Crippen MR) is 83.9 cm³/mol. The molecule has 3 heteroatoms. The number of nitrogens with zero attached hydrogens (tertiary/aromatic N) is 2. The molecule has 20 heavy (non-hydrogen) atoms. The van der Waals surface area contributed by atoms with E-state index >= 15 is 0 Å². The van der Waals surface area contributed by atoms with Crippen molar-refractivity contribution in [1.29, 1.82) is 0 Å². The van der Waals surface area contributed by atoms with Gasteiger partial charge in [-0.1, -0.05) is 12.1 Å². The van der Waals surface area contributed by atoms with E-state index in [0.29, 0.717) is 12.0 Å². The molecule has 1 fully saturated rings. The minimum Gasteiger partial charge on any atom is -0.328 e. The quantitative estimate of drug-likeness (QED) is 0.858. The first-order valence-electron chi connectivity index (χ1n) is 7.70. The predicted octanol–water partition coefficient (Wildman–Crippen LogP) is 3.78. The van der Waals surface area contributed by atoms with E-state index < -0.39 is 0 Å². The first-order valence-corrected chi connectivity index (χ1v) is 7.70. The molecule has 2 N–H and O–H groups in total. The average molecular weight is 271 g/mol. The summed E-state index contributed by atoms with van der Waals surface area (Å²) in [6.45, 7) is 6.79. The standard InChI is InChI=1S/C17H25N3/c1-17(2,3)20-15-7-5-4-6-14(15)19-16(20)12-8-10-13(18)11-9-12/h4-7,12-13H,8-11,18H2,1-3H3. The minimum atomic E-state index is 0.0605. The first-order chi connectivity index (χ1) is 9.47. The third kappa shape index (κ3) is 2.35. The SMILES string of the molecule is CC(C)(C)n1c(C2CCC(N)CC2)nc2ccccc21. The van der Waals surface area contributed by atoms with Gasteiger partial charge in [0, 0.05) is 17.5 Å². The van der Waals surface area contributed by atoms with Gasteiger partial charge in [0.25, 0.3) is 0 Å². The molecule has 0 radical (unpaired) electrons. The first kappa shape index (κ1) is 13.6. The maximum absolute atomic E-state index is 6.05. The Bertz CT molecular complexity index is 598. The fourth-order valence-electron chi connectivity index (χ4n) is 3.40. The molecule has 0 spiro atoms. The lowest BCUT2D eigenvalue weighted by Gasteiger charge is -2.31. The van der Waals surface area contributed by atoms with Gasteiger partial charge >= 0.3 is 0 Å². The van der Waals surface area contributed by atoms with Gasteiger partial charge in [0.05, 0.1) is 11.0 Å². The second-order valence-corrected chi connectivity index (χ2v) is 7.08. The summed E-state index contributed by atoms with van der Waals surface area (Å²) in [5.74, 6) is 1.81. The molecule has 0 atom stereocenters. The van der Waals surface area contributed by atoms with Crippen molar-refractivity contribution >= 4 is 11.0 Å². The summed E-state index contributed by atoms with van der Waals surface area (Å²) in [7, 11) is 0. The molecule has 3 rings (SSSR count). The van der Waals surface area contributed by atoms with Gasteiger partial charge < -0.3 is 10.3 Å². The summed E-state index contributed by atoms with van der Waals surface area (Å²) in [6.07, 6.45) is 4.58. The number of hydrogen-bond donors (Lipinski definition) is 1. The Hall–Kier alpha value is -1.35. The van der Waals surface area contributed by atoms with E-state index in [0.717, 1.165) is 18.4 Å². The summed E-state index contributed by atoms with van der Waals surface area (Å²) in [6, 6.07) is 8.87. The number of fused-ring (bicyclic) bond motifs is 1. The normalized spacial score (nSPS) is 24.2. The van der Waals surface area contributed by atoms with E-state index in [9.17, 15) is 0 Å². The third-order valence-electron chi connectivity index (χ3n) is 4.39. The summed E-state index contributed by atoms with van der Waals surface area (Å²) in [5, 5.41) is 0. The van der Waals surface area contributed by atoms with Crippen LogP contribution in [0.4, 0.5) is 0 Å². The van der Waals surface area contributed by atoms with E-state index in [1.807, 2.05) is 0 Å². The smallest absolute Gasteiger partial charge is 0.113 e. The zero-order chi connectivity index (χ0) is 14.3. The van der Waals surface area contributed by atoms with Crippen molar-refractivity contribution < 1.29 is 0 Å². The van der Waals surface area contributed by atoms with Crippen LogP contribution in [0.15, 0.2) is 24.3 Å². The van der Waals surface area contributed by atoms with E-state index in [1.165, 1.54) is 24.2 Å². The lowest BCUT2D eigenvalue weighted by molar-refractivity contribution is 0.338. The highest BCUT2D eigenvalue weighted by Crippen LogP contribution is 2.36. The molecule has 0 unspecified atom stereocenters. The van der Waals surface area contributed by atoms with Crippen LogP contribution < -0.4 is 5.73 Å². The van der Waals surface area contributed by atoms with Crippen molar-refractivity contribution in [2.45, 2.75) is 64.0 Å². The molecule has 0 saturated heterocycles. The molecule has 1 heterocycles. The Kier molecular flexibility index (Phi) is 3.33. The molecular formula is C17H25N3. The zero-order valence-electron chi connectivity index (χ0n) is 12.8. The fraction of sp³-hybridized carbons (Fsp3) is 0.588. The van der Waals surface area contributed by atoms with Crippen LogP contribution in [-0.4, -0.2) is 15.6 Å². The number of para-hydroxylation sites is 2. The van der Waals surface area contributed by atoms with Crippen LogP contribution in [0, 0.1) is 0 Å². The average Bonchev–Trinajstić information content (AvgIpc) is 2.78. The molecule has 0 aliphatic heterocycles. The Balaban J connectivity index is 2.10. The van der Waals surface area contributed by atoms with Crippen LogP contribution in [0.2, 0.25) is 0 Å². The minimum absolute atomic E-state index is 0.0605. The van der Waals surface area contributed by atoms with E-state index in [-0.39, 0.29) is 5.54 Å². The van der Waals surface area contributed by atoms with Gasteiger partial charge in [-0.05, 0) is 58.6 Å². The highest BCUT2D eigenvalue weighted by molar-refractivity contribution is 5.76. The molecular weight excluding hydrogens is 246 g/mol. The van der Waals surface area contributed by atoms with Gasteiger partial charge in [-0.2, -0.15) is 0 Å². The van der Waals surface area contributed by atoms with E-state index in [1.54, 1.807) is 0 Å². The van der Waals surface area contributed by atoms with Gasteiger partial charge in [0.15, 0.2) is 0 Å². The zero-order valence-corrected chi connectivity index (χ0v) is 12.8. The van der Waals surface area contributed by atoms with Crippen LogP contribution in [-0.2, 0) is 5.54 Å². The number of benzene rings is 1. The van der Waals surface area contributed by atoms with Gasteiger partial charge in [-0.3, -0.25) is 0 Å². The maximum atomic E-state index is 6.05. The molecule has 1 aromatic carbocycles. The molecule has 1 saturated carbocycles. The number of aromatic nitrogens is 2. The lowest BCUT2D eigenvalue weighted by atomic mass is 9.85. The summed E-state index contributed by atoms with van der Waals surface area (Å²) in [4.78, 5) is 4.95. The van der Waals surface area contributed by atoms with Crippen LogP contribution in [0.3, 0.4) is 0 Å². The third-order valence-corrected chi connectivity index (χ3v) is 4.39. The van der Waals surface area contributed by atoms with Crippen LogP contribution in [0.5, 0.6) is 0 Å². The lowest BCUT2D eigenvalue weighted by Crippen LogP contribution is -2.30. The molecule has 0 bridgehead atoms. The molecule has 1 aliphatic carbocycles. The molecule has 108 valence electrons. The summed E-state index contributed by atoms with van der Waals surface area (Å²) in [5.41, 5.74) is 8.48. The molecule has 2 aromatic rings. The maximum Gasteiger partial charge on any atom is 0.113 e. The van der Waals surface area contributed by atoms with Crippen LogP contribution in [0.25, 0.3) is 11.0 Å². The second-order valence-electron chi connectivity index (χ2n) is 7.08. The largest absolute Gasteiger partial charge is 0.328 e. The van der Waals surface area contributed by atoms with Crippen LogP contribution >= 0.6 is 0 Å². The molecule has 1 aromatic heterocycles. The van der Waals surface area contributed by atoms with E-state index in [2.05, 4.69) is 49.6 Å². The van der Waals surface area contributed by atoms with Gasteiger partial charge in [-0.25, -0.2) is 4.98 Å². The van der Waals surface area contributed by atoms with Gasteiger partial charge in [-0.15, -0.1) is 0 Å². The molecule has 1 aliphatic rings. The molecule has 3 nitrogen and oxygen atoms in total. The summed E-state index contributed by atoms with van der Waals surface area (Å²) < 4.78 is 2.43. The van der Waals surface area contributed by atoms with Crippen molar-refractivity contribution in [1.82, 2.24) is 9.55 Å². The Morgan fingerprint density at radius 1 is 1.10 bits per heavy atom. The Morgan fingerprint density at radius 3 is 2.40 bits per heavy atom. The Morgan fingerprint density at radius 2 is 1.75 bits per heavy atom. The number of nitrogens with two attached hydrogens (primary N) is 1. The number of hydrogen-bond acceptors (Lipinski definition) is 2. The van der Waals surface area contributed by atoms with Crippen molar-refractivity contribution in [3.63, 3.8) is 0 Å². The van der Waals surface area contributed by atoms with Gasteiger partial charge in [0.1, 0.15) is 5.82 Å². The van der Waals surface area contributed by atoms with Crippen LogP contribution in [0.1, 0.15) is 58.2 Å². The second kappa shape index (κ2) is 4.88. The van der Waals surface area contributed by atoms with Crippen molar-refractivity contribution in [2.75, 3.05) is 0 Å². The highest BCUT2D eigenvalue weighted by atomic mass is 15.1. The monoisotopic (exact) mass is 271 g/mol. The Labute approximate surface area is 121 Å². The fourth-order valence-corrected chi connectivity index (χ4v) is 3.40. The number of imidazole rings is 1. The van der Waals surface area contributed by atoms with Gasteiger partial charge in [0.2, 0.25) is 0 Å². The van der Waals surface area contributed by atoms with Crippen molar-refractivity contribution in [3.8, 4) is 0 Å². The van der Waals surface area contributed by atoms with E-state index in [4.69, 9.17) is 10.7 Å². The summed E-state index contributed by atoms with van der Waals surface area (Å²) >= 11 is 0. The topological polar surface area (TPSA) is 43.8 Å². The van der Waals surface area contributed by atoms with Crippen molar-refractivity contribution in [3.05, 3.63) is 30.1 Å².